The molecule has 0 aliphatic rings. The van der Waals surface area contributed by atoms with E-state index < -0.39 is 0 Å². The van der Waals surface area contributed by atoms with Gasteiger partial charge in [-0.2, -0.15) is 0 Å². The van der Waals surface area contributed by atoms with Gasteiger partial charge in [0.25, 0.3) is 0 Å². The molecule has 29 heavy (non-hydrogen) atoms. The van der Waals surface area contributed by atoms with E-state index in [1.165, 1.54) is 11.1 Å². The van der Waals surface area contributed by atoms with Crippen LogP contribution in [0.4, 0.5) is 5.69 Å². The molecule has 4 aromatic rings. The maximum atomic E-state index is 6.66. The first-order valence-electron chi connectivity index (χ1n) is 9.79. The van der Waals surface area contributed by atoms with Gasteiger partial charge in [-0.3, -0.25) is 5.01 Å². The molecule has 4 rings (SSSR count). The van der Waals surface area contributed by atoms with Crippen molar-refractivity contribution >= 4 is 11.3 Å². The number of hydrogen-bond donors (Lipinski definition) is 1. The van der Waals surface area contributed by atoms with E-state index in [1.54, 1.807) is 0 Å². The van der Waals surface area contributed by atoms with Crippen molar-refractivity contribution in [1.82, 2.24) is 0 Å². The predicted octanol–water partition coefficient (Wildman–Crippen LogP) is 6.24. The Kier molecular flexibility index (Phi) is 5.84. The smallest absolute Gasteiger partial charge is 0.0892 e. The van der Waals surface area contributed by atoms with Gasteiger partial charge in [0.1, 0.15) is 0 Å². The first-order valence-corrected chi connectivity index (χ1v) is 9.79. The second-order valence-corrected chi connectivity index (χ2v) is 6.91. The van der Waals surface area contributed by atoms with Crippen molar-refractivity contribution in [3.05, 3.63) is 144 Å². The monoisotopic (exact) mass is 376 g/mol. The molecule has 142 valence electrons. The summed E-state index contributed by atoms with van der Waals surface area (Å²) in [4.78, 5) is 0. The van der Waals surface area contributed by atoms with Gasteiger partial charge in [-0.25, -0.2) is 5.84 Å². The Morgan fingerprint density at radius 1 is 0.586 bits per heavy atom. The second kappa shape index (κ2) is 9.05. The Morgan fingerprint density at radius 2 is 1.00 bits per heavy atom. The van der Waals surface area contributed by atoms with Crippen molar-refractivity contribution in [2.75, 3.05) is 5.01 Å². The molecule has 0 radical (unpaired) electrons. The lowest BCUT2D eigenvalue weighted by Crippen LogP contribution is -2.34. The second-order valence-electron chi connectivity index (χ2n) is 6.91. The number of hydrazine groups is 1. The number of hydrogen-bond acceptors (Lipinski definition) is 2. The van der Waals surface area contributed by atoms with Crippen molar-refractivity contribution < 1.29 is 0 Å². The van der Waals surface area contributed by atoms with Gasteiger partial charge in [-0.1, -0.05) is 109 Å². The Bertz CT molecular complexity index is 1000. The van der Waals surface area contributed by atoms with Crippen molar-refractivity contribution in [2.24, 2.45) is 5.84 Å². The SMILES string of the molecule is NN(c1ccccc1)C(C=C(c1ccccc1)c1ccccc1)c1ccccc1. The third-order valence-corrected chi connectivity index (χ3v) is 4.99. The Balaban J connectivity index is 1.86. The fraction of sp³-hybridized carbons (Fsp3) is 0.0370. The van der Waals surface area contributed by atoms with Crippen molar-refractivity contribution in [3.8, 4) is 0 Å². The number of nitrogens with zero attached hydrogens (tertiary/aromatic N) is 1. The maximum Gasteiger partial charge on any atom is 0.0892 e. The molecule has 0 aromatic heterocycles. The summed E-state index contributed by atoms with van der Waals surface area (Å²) in [6.07, 6.45) is 2.26. The summed E-state index contributed by atoms with van der Waals surface area (Å²) in [5.74, 6) is 6.66. The van der Waals surface area contributed by atoms with Gasteiger partial charge < -0.3 is 0 Å². The van der Waals surface area contributed by atoms with Crippen LogP contribution in [-0.2, 0) is 0 Å². The summed E-state index contributed by atoms with van der Waals surface area (Å²) in [5, 5.41) is 1.83. The van der Waals surface area contributed by atoms with Crippen LogP contribution in [0.15, 0.2) is 127 Å². The molecule has 0 saturated carbocycles. The van der Waals surface area contributed by atoms with Gasteiger partial charge in [0.2, 0.25) is 0 Å². The molecule has 0 aliphatic heterocycles. The van der Waals surface area contributed by atoms with Gasteiger partial charge in [-0.15, -0.1) is 0 Å². The van der Waals surface area contributed by atoms with E-state index in [2.05, 4.69) is 78.9 Å². The maximum absolute atomic E-state index is 6.66. The molecule has 0 bridgehead atoms. The van der Waals surface area contributed by atoms with Gasteiger partial charge in [0, 0.05) is 0 Å². The number of rotatable bonds is 6. The molecule has 2 nitrogen and oxygen atoms in total. The van der Waals surface area contributed by atoms with E-state index >= 15 is 0 Å². The molecule has 2 N–H and O–H groups in total. The predicted molar refractivity (Wildman–Crippen MR) is 122 cm³/mol. The first kappa shape index (κ1) is 18.7. The van der Waals surface area contributed by atoms with E-state index in [9.17, 15) is 0 Å². The minimum atomic E-state index is -0.117. The van der Waals surface area contributed by atoms with E-state index in [-0.39, 0.29) is 6.04 Å². The molecule has 2 heteroatoms. The third-order valence-electron chi connectivity index (χ3n) is 4.99. The fourth-order valence-corrected chi connectivity index (χ4v) is 3.50. The molecule has 0 amide bonds. The molecular formula is C27H24N2. The molecule has 1 unspecified atom stereocenters. The average Bonchev–Trinajstić information content (AvgIpc) is 2.82. The number of para-hydroxylation sites is 1. The van der Waals surface area contributed by atoms with Crippen LogP contribution in [0.2, 0.25) is 0 Å². The number of nitrogens with two attached hydrogens (primary N) is 1. The molecule has 1 atom stereocenters. The number of anilines is 1. The van der Waals surface area contributed by atoms with Crippen molar-refractivity contribution in [1.29, 1.82) is 0 Å². The fourth-order valence-electron chi connectivity index (χ4n) is 3.50. The van der Waals surface area contributed by atoms with Gasteiger partial charge in [0.05, 0.1) is 11.7 Å². The van der Waals surface area contributed by atoms with Crippen LogP contribution < -0.4 is 10.9 Å². The van der Waals surface area contributed by atoms with Gasteiger partial charge >= 0.3 is 0 Å². The van der Waals surface area contributed by atoms with E-state index in [4.69, 9.17) is 5.84 Å². The van der Waals surface area contributed by atoms with Crippen molar-refractivity contribution in [3.63, 3.8) is 0 Å². The average molecular weight is 377 g/mol. The van der Waals surface area contributed by atoms with Gasteiger partial charge in [0.15, 0.2) is 0 Å². The van der Waals surface area contributed by atoms with Crippen LogP contribution >= 0.6 is 0 Å². The summed E-state index contributed by atoms with van der Waals surface area (Å²) >= 11 is 0. The largest absolute Gasteiger partial charge is 0.300 e. The Labute approximate surface area is 172 Å². The van der Waals surface area contributed by atoms with Crippen LogP contribution in [0, 0.1) is 0 Å². The summed E-state index contributed by atoms with van der Waals surface area (Å²) in [5.41, 5.74) is 5.61. The standard InChI is InChI=1S/C27H24N2/c28-29(25-19-11-4-12-20-25)27(24-17-9-3-10-18-24)21-26(22-13-5-1-6-14-22)23-15-7-2-8-16-23/h1-21,27H,28H2. The van der Waals surface area contributed by atoms with Crippen LogP contribution in [0.25, 0.3) is 5.57 Å². The van der Waals surface area contributed by atoms with E-state index in [0.717, 1.165) is 16.8 Å². The summed E-state index contributed by atoms with van der Waals surface area (Å²) < 4.78 is 0. The van der Waals surface area contributed by atoms with Crippen LogP contribution in [-0.4, -0.2) is 0 Å². The van der Waals surface area contributed by atoms with Crippen molar-refractivity contribution in [2.45, 2.75) is 6.04 Å². The molecule has 4 aromatic carbocycles. The molecule has 0 spiro atoms. The highest BCUT2D eigenvalue weighted by molar-refractivity contribution is 5.80. The minimum Gasteiger partial charge on any atom is -0.300 e. The zero-order valence-electron chi connectivity index (χ0n) is 16.2. The molecular weight excluding hydrogens is 352 g/mol. The Hall–Kier alpha value is -3.62. The lowest BCUT2D eigenvalue weighted by molar-refractivity contribution is 0.759. The first-order chi connectivity index (χ1) is 14.3. The lowest BCUT2D eigenvalue weighted by Gasteiger charge is -2.28. The normalized spacial score (nSPS) is 11.5. The number of benzene rings is 4. The zero-order valence-corrected chi connectivity index (χ0v) is 16.2. The van der Waals surface area contributed by atoms with Gasteiger partial charge in [-0.05, 0) is 40.5 Å². The van der Waals surface area contributed by atoms with E-state index in [0.29, 0.717) is 0 Å². The Morgan fingerprint density at radius 3 is 1.48 bits per heavy atom. The molecule has 0 heterocycles. The van der Waals surface area contributed by atoms with Crippen LogP contribution in [0.1, 0.15) is 22.7 Å². The summed E-state index contributed by atoms with van der Waals surface area (Å²) in [6.45, 7) is 0. The lowest BCUT2D eigenvalue weighted by atomic mass is 9.93. The highest BCUT2D eigenvalue weighted by atomic mass is 15.4. The van der Waals surface area contributed by atoms with Crippen LogP contribution in [0.3, 0.4) is 0 Å². The highest BCUT2D eigenvalue weighted by Crippen LogP contribution is 2.31. The summed E-state index contributed by atoms with van der Waals surface area (Å²) in [7, 11) is 0. The topological polar surface area (TPSA) is 29.3 Å². The quantitative estimate of drug-likeness (QED) is 0.319. The molecule has 0 aliphatic carbocycles. The molecule has 0 fully saturated rings. The summed E-state index contributed by atoms with van der Waals surface area (Å²) in [6, 6.07) is 41.3. The van der Waals surface area contributed by atoms with Crippen LogP contribution in [0.5, 0.6) is 0 Å². The zero-order chi connectivity index (χ0) is 19.9. The third kappa shape index (κ3) is 4.45. The van der Waals surface area contributed by atoms with E-state index in [1.807, 2.05) is 53.5 Å². The minimum absolute atomic E-state index is 0.117. The highest BCUT2D eigenvalue weighted by Gasteiger charge is 2.18. The molecule has 0 saturated heterocycles.